The quantitative estimate of drug-likeness (QED) is 0.361. The molecule has 3 nitrogen and oxygen atoms in total. The van der Waals surface area contributed by atoms with Crippen molar-refractivity contribution < 1.29 is 14.3 Å². The first-order valence-electron chi connectivity index (χ1n) is 6.71. The van der Waals surface area contributed by atoms with E-state index in [1.165, 1.54) is 5.39 Å². The summed E-state index contributed by atoms with van der Waals surface area (Å²) in [6.45, 7) is 0. The van der Waals surface area contributed by atoms with Gasteiger partial charge in [0.1, 0.15) is 0 Å². The van der Waals surface area contributed by atoms with Crippen LogP contribution in [0.1, 0.15) is 20.7 Å². The van der Waals surface area contributed by atoms with E-state index in [0.717, 1.165) is 27.6 Å². The lowest BCUT2D eigenvalue weighted by Crippen LogP contribution is -1.96. The molecule has 0 N–H and O–H groups in total. The summed E-state index contributed by atoms with van der Waals surface area (Å²) in [6, 6.07) is 15.8. The summed E-state index contributed by atoms with van der Waals surface area (Å²) in [5, 5.41) is 2.34. The van der Waals surface area contributed by atoms with Crippen molar-refractivity contribution in [3.63, 3.8) is 0 Å². The van der Waals surface area contributed by atoms with Crippen LogP contribution in [0.25, 0.3) is 33.0 Å². The molecule has 1 aliphatic heterocycles. The van der Waals surface area contributed by atoms with E-state index in [9.17, 15) is 9.59 Å². The zero-order valence-electron chi connectivity index (χ0n) is 10.8. The van der Waals surface area contributed by atoms with Crippen LogP contribution < -0.4 is 0 Å². The molecule has 98 valence electrons. The maximum Gasteiger partial charge on any atom is 0.346 e. The van der Waals surface area contributed by atoms with E-state index in [-0.39, 0.29) is 0 Å². The van der Waals surface area contributed by atoms with E-state index < -0.39 is 11.9 Å². The predicted octanol–water partition coefficient (Wildman–Crippen LogP) is 3.80. The van der Waals surface area contributed by atoms with Gasteiger partial charge in [-0.15, -0.1) is 0 Å². The number of ether oxygens (including phenoxy) is 1. The number of rotatable bonds is 0. The van der Waals surface area contributed by atoms with Gasteiger partial charge < -0.3 is 4.74 Å². The van der Waals surface area contributed by atoms with Gasteiger partial charge in [0, 0.05) is 0 Å². The van der Waals surface area contributed by atoms with Crippen molar-refractivity contribution in [2.75, 3.05) is 0 Å². The third-order valence-electron chi connectivity index (χ3n) is 4.27. The van der Waals surface area contributed by atoms with Crippen molar-refractivity contribution in [3.8, 4) is 22.3 Å². The van der Waals surface area contributed by atoms with Crippen LogP contribution in [-0.2, 0) is 4.74 Å². The van der Waals surface area contributed by atoms with Crippen molar-refractivity contribution in [3.05, 3.63) is 59.7 Å². The molecule has 3 heteroatoms. The predicted molar refractivity (Wildman–Crippen MR) is 78.1 cm³/mol. The topological polar surface area (TPSA) is 43.4 Å². The van der Waals surface area contributed by atoms with Crippen LogP contribution >= 0.6 is 0 Å². The second kappa shape index (κ2) is 3.38. The first kappa shape index (κ1) is 10.8. The minimum atomic E-state index is -0.555. The second-order valence-corrected chi connectivity index (χ2v) is 5.33. The zero-order chi connectivity index (χ0) is 14.1. The molecule has 0 spiro atoms. The van der Waals surface area contributed by atoms with Gasteiger partial charge in [0.15, 0.2) is 0 Å². The van der Waals surface area contributed by atoms with Gasteiger partial charge in [0.2, 0.25) is 0 Å². The maximum absolute atomic E-state index is 11.7. The number of fused-ring (bicyclic) bond motifs is 4. The van der Waals surface area contributed by atoms with Crippen molar-refractivity contribution >= 4 is 22.7 Å². The normalized spacial score (nSPS) is 14.3. The van der Waals surface area contributed by atoms with Gasteiger partial charge in [-0.05, 0) is 45.2 Å². The summed E-state index contributed by atoms with van der Waals surface area (Å²) in [5.74, 6) is -1.11. The van der Waals surface area contributed by atoms with E-state index in [0.29, 0.717) is 11.1 Å². The Balaban J connectivity index is 1.96. The van der Waals surface area contributed by atoms with Crippen molar-refractivity contribution in [1.82, 2.24) is 0 Å². The number of hydrogen-bond acceptors (Lipinski definition) is 3. The number of carbonyl (C=O) groups excluding carboxylic acids is 2. The highest BCUT2D eigenvalue weighted by Gasteiger charge is 2.33. The van der Waals surface area contributed by atoms with Crippen molar-refractivity contribution in [1.29, 1.82) is 0 Å². The molecule has 0 fully saturated rings. The van der Waals surface area contributed by atoms with Crippen LogP contribution in [0.2, 0.25) is 0 Å². The van der Waals surface area contributed by atoms with E-state index >= 15 is 0 Å². The number of benzene rings is 3. The van der Waals surface area contributed by atoms with Crippen molar-refractivity contribution in [2.24, 2.45) is 0 Å². The van der Waals surface area contributed by atoms with Crippen LogP contribution in [0, 0.1) is 0 Å². The highest BCUT2D eigenvalue weighted by molar-refractivity contribution is 6.21. The van der Waals surface area contributed by atoms with Crippen LogP contribution in [0.5, 0.6) is 0 Å². The molecule has 0 saturated carbocycles. The third-order valence-corrected chi connectivity index (χ3v) is 4.27. The Kier molecular flexibility index (Phi) is 1.74. The van der Waals surface area contributed by atoms with Gasteiger partial charge in [-0.25, -0.2) is 9.59 Å². The Morgan fingerprint density at radius 2 is 1.14 bits per heavy atom. The summed E-state index contributed by atoms with van der Waals surface area (Å²) in [7, 11) is 0. The first-order valence-corrected chi connectivity index (χ1v) is 6.71. The average Bonchev–Trinajstić information content (AvgIpc) is 2.96. The monoisotopic (exact) mass is 272 g/mol. The molecule has 3 aromatic carbocycles. The van der Waals surface area contributed by atoms with Crippen LogP contribution in [-0.4, -0.2) is 11.9 Å². The maximum atomic E-state index is 11.7. The highest BCUT2D eigenvalue weighted by atomic mass is 16.6. The van der Waals surface area contributed by atoms with E-state index in [1.54, 1.807) is 12.1 Å². The van der Waals surface area contributed by atoms with E-state index in [1.807, 2.05) is 24.3 Å². The zero-order valence-corrected chi connectivity index (χ0v) is 10.8. The fourth-order valence-corrected chi connectivity index (χ4v) is 3.37. The third kappa shape index (κ3) is 1.19. The molecular formula is C18H8O3. The van der Waals surface area contributed by atoms with Crippen molar-refractivity contribution in [2.45, 2.75) is 0 Å². The molecule has 0 amide bonds. The lowest BCUT2D eigenvalue weighted by Gasteiger charge is -2.03. The summed E-state index contributed by atoms with van der Waals surface area (Å²) in [4.78, 5) is 23.5. The lowest BCUT2D eigenvalue weighted by atomic mass is 9.98. The Hall–Kier alpha value is -2.94. The summed E-state index contributed by atoms with van der Waals surface area (Å²) in [6.07, 6.45) is 0. The summed E-state index contributed by atoms with van der Waals surface area (Å²) in [5.41, 5.74) is 4.92. The molecule has 0 bridgehead atoms. The summed E-state index contributed by atoms with van der Waals surface area (Å²) >= 11 is 0. The Labute approximate surface area is 119 Å². The van der Waals surface area contributed by atoms with Gasteiger partial charge >= 0.3 is 11.9 Å². The van der Waals surface area contributed by atoms with Crippen LogP contribution in [0.4, 0.5) is 0 Å². The number of hydrogen-bond donors (Lipinski definition) is 0. The molecule has 2 aliphatic rings. The van der Waals surface area contributed by atoms with Gasteiger partial charge in [-0.3, -0.25) is 0 Å². The second-order valence-electron chi connectivity index (χ2n) is 5.33. The first-order chi connectivity index (χ1) is 10.2. The van der Waals surface area contributed by atoms with Gasteiger partial charge in [-0.2, -0.15) is 0 Å². The number of carbonyl (C=O) groups is 2. The van der Waals surface area contributed by atoms with E-state index in [4.69, 9.17) is 4.74 Å². The minimum absolute atomic E-state index is 0.364. The average molecular weight is 272 g/mol. The number of esters is 2. The smallest absolute Gasteiger partial charge is 0.346 e. The van der Waals surface area contributed by atoms with Crippen LogP contribution in [0.15, 0.2) is 48.5 Å². The molecule has 3 aromatic rings. The van der Waals surface area contributed by atoms with Gasteiger partial charge in [0.25, 0.3) is 0 Å². The molecule has 0 saturated heterocycles. The Morgan fingerprint density at radius 3 is 1.67 bits per heavy atom. The molecular weight excluding hydrogens is 264 g/mol. The largest absolute Gasteiger partial charge is 0.386 e. The molecule has 1 heterocycles. The standard InChI is InChI=1S/C18H8O3/c19-17-14-7-12-10-5-1-3-9-4-2-6-11(16(9)10)13(12)8-15(14)18(20)21-17/h1-8H. The van der Waals surface area contributed by atoms with E-state index in [2.05, 4.69) is 12.1 Å². The van der Waals surface area contributed by atoms with Crippen LogP contribution in [0.3, 0.4) is 0 Å². The molecule has 0 radical (unpaired) electrons. The molecule has 0 unspecified atom stereocenters. The highest BCUT2D eigenvalue weighted by Crippen LogP contribution is 2.48. The molecule has 5 rings (SSSR count). The molecule has 1 aliphatic carbocycles. The Bertz CT molecular complexity index is 923. The van der Waals surface area contributed by atoms with Gasteiger partial charge in [-0.1, -0.05) is 36.4 Å². The summed E-state index contributed by atoms with van der Waals surface area (Å²) < 4.78 is 4.69. The molecule has 0 aromatic heterocycles. The fraction of sp³-hybridized carbons (Fsp3) is 0. The SMILES string of the molecule is O=C1OC(=O)c2cc3c(cc21)-c1cccc2cccc-3c12. The Morgan fingerprint density at radius 1 is 0.619 bits per heavy atom. The minimum Gasteiger partial charge on any atom is -0.386 e. The molecule has 0 atom stereocenters. The molecule has 21 heavy (non-hydrogen) atoms. The van der Waals surface area contributed by atoms with Gasteiger partial charge in [0.05, 0.1) is 11.1 Å². The fourth-order valence-electron chi connectivity index (χ4n) is 3.37. The lowest BCUT2D eigenvalue weighted by molar-refractivity contribution is 0.0444. The number of cyclic esters (lactones) is 2.